The first-order valence-electron chi connectivity index (χ1n) is 4.62. The molecule has 1 heterocycles. The summed E-state index contributed by atoms with van der Waals surface area (Å²) in [4.78, 5) is 3.79. The first-order chi connectivity index (χ1) is 7.24. The van der Waals surface area contributed by atoms with Gasteiger partial charge in [-0.3, -0.25) is 0 Å². The molecule has 0 aliphatic heterocycles. The summed E-state index contributed by atoms with van der Waals surface area (Å²) in [5.74, 6) is 0.479. The molecule has 0 saturated carbocycles. The second-order valence-electron chi connectivity index (χ2n) is 3.34. The lowest BCUT2D eigenvalue weighted by Crippen LogP contribution is -1.98. The largest absolute Gasteiger partial charge is 0.447 e. The van der Waals surface area contributed by atoms with Crippen LogP contribution in [0.5, 0.6) is 0 Å². The van der Waals surface area contributed by atoms with Crippen LogP contribution in [0, 0.1) is 12.7 Å². The molecule has 2 rings (SSSR count). The van der Waals surface area contributed by atoms with Gasteiger partial charge in [-0.15, -0.1) is 0 Å². The Morgan fingerprint density at radius 1 is 1.40 bits per heavy atom. The molecule has 4 heteroatoms. The average molecular weight is 206 g/mol. The van der Waals surface area contributed by atoms with E-state index in [2.05, 4.69) is 10.3 Å². The lowest BCUT2D eigenvalue weighted by atomic mass is 10.2. The first-order valence-corrected chi connectivity index (χ1v) is 4.62. The molecule has 2 aromatic rings. The van der Waals surface area contributed by atoms with E-state index in [1.165, 1.54) is 18.5 Å². The zero-order valence-electron chi connectivity index (χ0n) is 8.33. The van der Waals surface area contributed by atoms with Crippen LogP contribution >= 0.6 is 0 Å². The van der Waals surface area contributed by atoms with Crippen LogP contribution in [0.2, 0.25) is 0 Å². The minimum Gasteiger partial charge on any atom is -0.447 e. The quantitative estimate of drug-likeness (QED) is 0.839. The fraction of sp³-hybridized carbons (Fsp3) is 0.182. The van der Waals surface area contributed by atoms with Crippen molar-refractivity contribution in [3.63, 3.8) is 0 Å². The zero-order valence-corrected chi connectivity index (χ0v) is 8.33. The normalized spacial score (nSPS) is 10.3. The van der Waals surface area contributed by atoms with Crippen molar-refractivity contribution in [1.29, 1.82) is 0 Å². The van der Waals surface area contributed by atoms with E-state index in [-0.39, 0.29) is 5.82 Å². The fourth-order valence-electron chi connectivity index (χ4n) is 1.36. The van der Waals surface area contributed by atoms with Crippen LogP contribution in [0.15, 0.2) is 35.2 Å². The van der Waals surface area contributed by atoms with E-state index in [1.54, 1.807) is 6.20 Å². The van der Waals surface area contributed by atoms with Gasteiger partial charge in [0.1, 0.15) is 11.6 Å². The van der Waals surface area contributed by atoms with Crippen molar-refractivity contribution < 1.29 is 8.81 Å². The van der Waals surface area contributed by atoms with Gasteiger partial charge in [-0.25, -0.2) is 9.37 Å². The molecular weight excluding hydrogens is 195 g/mol. The van der Waals surface area contributed by atoms with E-state index in [9.17, 15) is 4.39 Å². The van der Waals surface area contributed by atoms with Crippen molar-refractivity contribution in [3.8, 4) is 0 Å². The van der Waals surface area contributed by atoms with Crippen LogP contribution in [0.25, 0.3) is 0 Å². The lowest BCUT2D eigenvalue weighted by Gasteiger charge is -2.05. The van der Waals surface area contributed by atoms with Crippen LogP contribution in [0.3, 0.4) is 0 Å². The van der Waals surface area contributed by atoms with Gasteiger partial charge in [0.2, 0.25) is 0 Å². The van der Waals surface area contributed by atoms with E-state index in [1.807, 2.05) is 13.0 Å². The van der Waals surface area contributed by atoms with E-state index >= 15 is 0 Å². The summed E-state index contributed by atoms with van der Waals surface area (Å²) in [5.41, 5.74) is 1.62. The number of aryl methyl sites for hydroxylation is 1. The van der Waals surface area contributed by atoms with Crippen molar-refractivity contribution in [2.24, 2.45) is 0 Å². The number of nitrogens with zero attached hydrogens (tertiary/aromatic N) is 1. The fourth-order valence-corrected chi connectivity index (χ4v) is 1.36. The number of hydrogen-bond donors (Lipinski definition) is 1. The van der Waals surface area contributed by atoms with Gasteiger partial charge in [0.25, 0.3) is 0 Å². The molecule has 1 aromatic carbocycles. The second-order valence-corrected chi connectivity index (χ2v) is 3.34. The number of anilines is 1. The Hall–Kier alpha value is -1.84. The van der Waals surface area contributed by atoms with Crippen LogP contribution in [-0.2, 0) is 6.54 Å². The molecule has 3 nitrogen and oxygen atoms in total. The lowest BCUT2D eigenvalue weighted by molar-refractivity contribution is 0.511. The van der Waals surface area contributed by atoms with Crippen molar-refractivity contribution in [1.82, 2.24) is 4.98 Å². The Labute approximate surface area is 86.9 Å². The molecule has 0 aliphatic carbocycles. The van der Waals surface area contributed by atoms with Gasteiger partial charge in [0.05, 0.1) is 12.7 Å². The molecule has 0 bridgehead atoms. The Balaban J connectivity index is 2.05. The van der Waals surface area contributed by atoms with Crippen LogP contribution in [0.1, 0.15) is 11.3 Å². The molecule has 1 N–H and O–H groups in total. The average Bonchev–Trinajstić information content (AvgIpc) is 2.65. The summed E-state index contributed by atoms with van der Waals surface area (Å²) in [6.45, 7) is 2.35. The first kappa shape index (κ1) is 9.71. The van der Waals surface area contributed by atoms with Gasteiger partial charge >= 0.3 is 0 Å². The number of aromatic nitrogens is 1. The van der Waals surface area contributed by atoms with Gasteiger partial charge in [0, 0.05) is 5.69 Å². The van der Waals surface area contributed by atoms with Gasteiger partial charge in [-0.05, 0) is 30.7 Å². The summed E-state index contributed by atoms with van der Waals surface area (Å²) in [7, 11) is 0. The smallest absolute Gasteiger partial charge is 0.180 e. The Bertz CT molecular complexity index is 420. The highest BCUT2D eigenvalue weighted by Gasteiger charge is 1.99. The molecule has 0 fully saturated rings. The minimum absolute atomic E-state index is 0.241. The van der Waals surface area contributed by atoms with Crippen molar-refractivity contribution in [2.75, 3.05) is 5.32 Å². The molecule has 1 aromatic heterocycles. The number of benzene rings is 1. The number of hydrogen-bond acceptors (Lipinski definition) is 3. The third-order valence-electron chi connectivity index (χ3n) is 1.99. The molecule has 0 radical (unpaired) electrons. The molecule has 0 atom stereocenters. The Morgan fingerprint density at radius 3 is 2.93 bits per heavy atom. The summed E-state index contributed by atoms with van der Waals surface area (Å²) in [5, 5.41) is 3.05. The Kier molecular flexibility index (Phi) is 2.67. The highest BCUT2D eigenvalue weighted by atomic mass is 19.1. The molecule has 0 amide bonds. The van der Waals surface area contributed by atoms with Crippen LogP contribution in [0.4, 0.5) is 10.1 Å². The maximum absolute atomic E-state index is 13.0. The van der Waals surface area contributed by atoms with Gasteiger partial charge < -0.3 is 9.73 Å². The van der Waals surface area contributed by atoms with Gasteiger partial charge in [0.15, 0.2) is 6.39 Å². The van der Waals surface area contributed by atoms with E-state index in [4.69, 9.17) is 4.42 Å². The maximum Gasteiger partial charge on any atom is 0.180 e. The van der Waals surface area contributed by atoms with Crippen LogP contribution < -0.4 is 5.32 Å². The SMILES string of the molecule is Cc1cc(F)cc(NCc2cnco2)c1. The van der Waals surface area contributed by atoms with Crippen molar-refractivity contribution >= 4 is 5.69 Å². The summed E-state index contributed by atoms with van der Waals surface area (Å²) >= 11 is 0. The van der Waals surface area contributed by atoms with E-state index in [0.717, 1.165) is 17.0 Å². The van der Waals surface area contributed by atoms with Crippen molar-refractivity contribution in [2.45, 2.75) is 13.5 Å². The predicted octanol–water partition coefficient (Wildman–Crippen LogP) is 2.73. The van der Waals surface area contributed by atoms with E-state index < -0.39 is 0 Å². The summed E-state index contributed by atoms with van der Waals surface area (Å²) < 4.78 is 18.1. The van der Waals surface area contributed by atoms with Gasteiger partial charge in [-0.1, -0.05) is 0 Å². The van der Waals surface area contributed by atoms with Crippen molar-refractivity contribution in [3.05, 3.63) is 47.9 Å². The molecule has 0 aliphatic rings. The second kappa shape index (κ2) is 4.13. The monoisotopic (exact) mass is 206 g/mol. The minimum atomic E-state index is -0.241. The van der Waals surface area contributed by atoms with Gasteiger partial charge in [-0.2, -0.15) is 0 Å². The molecule has 78 valence electrons. The molecule has 0 spiro atoms. The highest BCUT2D eigenvalue weighted by Crippen LogP contribution is 2.14. The molecule has 15 heavy (non-hydrogen) atoms. The summed E-state index contributed by atoms with van der Waals surface area (Å²) in [6, 6.07) is 4.81. The maximum atomic E-state index is 13.0. The zero-order chi connectivity index (χ0) is 10.7. The summed E-state index contributed by atoms with van der Waals surface area (Å²) in [6.07, 6.45) is 2.99. The molecule has 0 unspecified atom stereocenters. The number of halogens is 1. The van der Waals surface area contributed by atoms with Crippen LogP contribution in [-0.4, -0.2) is 4.98 Å². The molecule has 0 saturated heterocycles. The van der Waals surface area contributed by atoms with E-state index in [0.29, 0.717) is 6.54 Å². The third-order valence-corrected chi connectivity index (χ3v) is 1.99. The molecular formula is C11H11FN2O. The standard InChI is InChI=1S/C11H11FN2O/c1-8-2-9(12)4-10(3-8)14-6-11-5-13-7-15-11/h2-5,7,14H,6H2,1H3. The highest BCUT2D eigenvalue weighted by molar-refractivity contribution is 5.45. The third kappa shape index (κ3) is 2.56. The number of rotatable bonds is 3. The number of oxazole rings is 1. The predicted molar refractivity (Wildman–Crippen MR) is 55.0 cm³/mol. The topological polar surface area (TPSA) is 38.1 Å². The Morgan fingerprint density at radius 2 is 2.27 bits per heavy atom. The number of nitrogens with one attached hydrogen (secondary N) is 1.